The highest BCUT2D eigenvalue weighted by atomic mass is 16.5. The molecule has 0 spiro atoms. The molecule has 0 radical (unpaired) electrons. The van der Waals surface area contributed by atoms with E-state index >= 15 is 0 Å². The van der Waals surface area contributed by atoms with Crippen molar-refractivity contribution in [1.29, 1.82) is 0 Å². The Kier molecular flexibility index (Phi) is 6.52. The van der Waals surface area contributed by atoms with Crippen LogP contribution >= 0.6 is 0 Å². The van der Waals surface area contributed by atoms with Gasteiger partial charge >= 0.3 is 0 Å². The van der Waals surface area contributed by atoms with E-state index < -0.39 is 0 Å². The first-order chi connectivity index (χ1) is 10.2. The van der Waals surface area contributed by atoms with Gasteiger partial charge in [-0.2, -0.15) is 0 Å². The SMILES string of the molecule is CCC(C)c1ccc(OCCNC(C)C2CCCO2)cc1. The van der Waals surface area contributed by atoms with Crippen LogP contribution in [0.5, 0.6) is 5.75 Å². The van der Waals surface area contributed by atoms with Crippen molar-refractivity contribution in [2.75, 3.05) is 19.8 Å². The Morgan fingerprint density at radius 1 is 1.29 bits per heavy atom. The monoisotopic (exact) mass is 291 g/mol. The molecule has 1 heterocycles. The zero-order valence-corrected chi connectivity index (χ0v) is 13.6. The Labute approximate surface area is 129 Å². The second-order valence-corrected chi connectivity index (χ2v) is 6.02. The number of nitrogens with one attached hydrogen (secondary N) is 1. The molecule has 1 aromatic carbocycles. The maximum Gasteiger partial charge on any atom is 0.119 e. The van der Waals surface area contributed by atoms with Gasteiger partial charge in [-0.3, -0.25) is 0 Å². The molecule has 0 aromatic heterocycles. The summed E-state index contributed by atoms with van der Waals surface area (Å²) in [7, 11) is 0. The lowest BCUT2D eigenvalue weighted by atomic mass is 9.99. The van der Waals surface area contributed by atoms with Crippen molar-refractivity contribution in [3.05, 3.63) is 29.8 Å². The topological polar surface area (TPSA) is 30.5 Å². The molecule has 0 saturated carbocycles. The highest BCUT2D eigenvalue weighted by Gasteiger charge is 2.21. The van der Waals surface area contributed by atoms with Crippen LogP contribution in [0.2, 0.25) is 0 Å². The van der Waals surface area contributed by atoms with Crippen molar-refractivity contribution in [1.82, 2.24) is 5.32 Å². The maximum atomic E-state index is 5.78. The molecule has 0 aliphatic carbocycles. The lowest BCUT2D eigenvalue weighted by Gasteiger charge is -2.20. The number of rotatable bonds is 8. The zero-order chi connectivity index (χ0) is 15.1. The second-order valence-electron chi connectivity index (χ2n) is 6.02. The van der Waals surface area contributed by atoms with Crippen LogP contribution in [-0.2, 0) is 4.74 Å². The summed E-state index contributed by atoms with van der Waals surface area (Å²) in [5.41, 5.74) is 1.38. The third-order valence-electron chi connectivity index (χ3n) is 4.42. The number of ether oxygens (including phenoxy) is 2. The largest absolute Gasteiger partial charge is 0.492 e. The molecule has 1 aliphatic rings. The van der Waals surface area contributed by atoms with Gasteiger partial charge in [0.1, 0.15) is 12.4 Å². The summed E-state index contributed by atoms with van der Waals surface area (Å²) in [6.07, 6.45) is 3.91. The molecule has 0 amide bonds. The summed E-state index contributed by atoms with van der Waals surface area (Å²) in [5.74, 6) is 1.57. The first kappa shape index (κ1) is 16.3. The first-order valence-corrected chi connectivity index (χ1v) is 8.28. The van der Waals surface area contributed by atoms with E-state index in [2.05, 4.69) is 50.4 Å². The summed E-state index contributed by atoms with van der Waals surface area (Å²) in [6, 6.07) is 8.90. The summed E-state index contributed by atoms with van der Waals surface area (Å²) in [5, 5.41) is 3.48. The standard InChI is InChI=1S/C18H29NO2/c1-4-14(2)16-7-9-17(10-8-16)20-13-11-19-15(3)18-6-5-12-21-18/h7-10,14-15,18-19H,4-6,11-13H2,1-3H3. The van der Waals surface area contributed by atoms with Crippen molar-refractivity contribution in [2.45, 2.75) is 58.1 Å². The average molecular weight is 291 g/mol. The highest BCUT2D eigenvalue weighted by Crippen LogP contribution is 2.21. The quantitative estimate of drug-likeness (QED) is 0.740. The van der Waals surface area contributed by atoms with Crippen molar-refractivity contribution in [2.24, 2.45) is 0 Å². The van der Waals surface area contributed by atoms with Crippen LogP contribution in [0.25, 0.3) is 0 Å². The van der Waals surface area contributed by atoms with Crippen molar-refractivity contribution < 1.29 is 9.47 Å². The molecule has 2 rings (SSSR count). The van der Waals surface area contributed by atoms with Crippen LogP contribution in [0.4, 0.5) is 0 Å². The molecule has 1 saturated heterocycles. The van der Waals surface area contributed by atoms with Crippen molar-refractivity contribution >= 4 is 0 Å². The minimum atomic E-state index is 0.375. The smallest absolute Gasteiger partial charge is 0.119 e. The minimum Gasteiger partial charge on any atom is -0.492 e. The van der Waals surface area contributed by atoms with E-state index in [4.69, 9.17) is 9.47 Å². The Balaban J connectivity index is 1.66. The molecule has 1 fully saturated rings. The molecule has 3 nitrogen and oxygen atoms in total. The number of hydrogen-bond acceptors (Lipinski definition) is 3. The molecule has 3 heteroatoms. The molecule has 118 valence electrons. The Morgan fingerprint density at radius 2 is 2.05 bits per heavy atom. The summed E-state index contributed by atoms with van der Waals surface area (Å²) >= 11 is 0. The van der Waals surface area contributed by atoms with E-state index in [1.807, 2.05) is 0 Å². The highest BCUT2D eigenvalue weighted by molar-refractivity contribution is 5.29. The lowest BCUT2D eigenvalue weighted by molar-refractivity contribution is 0.0824. The van der Waals surface area contributed by atoms with Gasteiger partial charge in [-0.15, -0.1) is 0 Å². The molecule has 1 aliphatic heterocycles. The number of benzene rings is 1. The fourth-order valence-electron chi connectivity index (χ4n) is 2.71. The summed E-state index contributed by atoms with van der Waals surface area (Å²) in [4.78, 5) is 0. The molecular weight excluding hydrogens is 262 g/mol. The predicted molar refractivity (Wildman–Crippen MR) is 87.1 cm³/mol. The van der Waals surface area contributed by atoms with Gasteiger partial charge < -0.3 is 14.8 Å². The Bertz CT molecular complexity index is 398. The molecule has 21 heavy (non-hydrogen) atoms. The summed E-state index contributed by atoms with van der Waals surface area (Å²) in [6.45, 7) is 9.13. The van der Waals surface area contributed by atoms with E-state index in [0.29, 0.717) is 24.7 Å². The maximum absolute atomic E-state index is 5.78. The number of hydrogen-bond donors (Lipinski definition) is 1. The third kappa shape index (κ3) is 5.01. The van der Waals surface area contributed by atoms with E-state index in [9.17, 15) is 0 Å². The molecule has 3 atom stereocenters. The summed E-state index contributed by atoms with van der Waals surface area (Å²) < 4.78 is 11.5. The minimum absolute atomic E-state index is 0.375. The van der Waals surface area contributed by atoms with Crippen molar-refractivity contribution in [3.8, 4) is 5.75 Å². The van der Waals surface area contributed by atoms with Crippen LogP contribution in [0.1, 0.15) is 51.5 Å². The van der Waals surface area contributed by atoms with Gasteiger partial charge in [0.15, 0.2) is 0 Å². The fraction of sp³-hybridized carbons (Fsp3) is 0.667. The average Bonchev–Trinajstić information content (AvgIpc) is 3.05. The molecule has 0 bridgehead atoms. The molecular formula is C18H29NO2. The van der Waals surface area contributed by atoms with Gasteiger partial charge in [-0.05, 0) is 49.8 Å². The second kappa shape index (κ2) is 8.40. The molecule has 1 N–H and O–H groups in total. The van der Waals surface area contributed by atoms with E-state index in [0.717, 1.165) is 18.9 Å². The van der Waals surface area contributed by atoms with Crippen LogP contribution in [0.15, 0.2) is 24.3 Å². The Hall–Kier alpha value is -1.06. The third-order valence-corrected chi connectivity index (χ3v) is 4.42. The predicted octanol–water partition coefficient (Wildman–Crippen LogP) is 3.74. The van der Waals surface area contributed by atoms with Gasteiger partial charge in [0.25, 0.3) is 0 Å². The first-order valence-electron chi connectivity index (χ1n) is 8.28. The molecule has 3 unspecified atom stereocenters. The fourth-order valence-corrected chi connectivity index (χ4v) is 2.71. The lowest BCUT2D eigenvalue weighted by Crippen LogP contribution is -2.39. The molecule has 1 aromatic rings. The zero-order valence-electron chi connectivity index (χ0n) is 13.6. The van der Waals surface area contributed by atoms with Crippen LogP contribution in [-0.4, -0.2) is 31.9 Å². The van der Waals surface area contributed by atoms with Gasteiger partial charge in [0, 0.05) is 19.2 Å². The van der Waals surface area contributed by atoms with Gasteiger partial charge in [-0.25, -0.2) is 0 Å². The van der Waals surface area contributed by atoms with Gasteiger partial charge in [0.2, 0.25) is 0 Å². The van der Waals surface area contributed by atoms with E-state index in [1.165, 1.54) is 24.8 Å². The van der Waals surface area contributed by atoms with Gasteiger partial charge in [-0.1, -0.05) is 26.0 Å². The van der Waals surface area contributed by atoms with Gasteiger partial charge in [0.05, 0.1) is 6.10 Å². The normalized spacial score (nSPS) is 21.2. The van der Waals surface area contributed by atoms with Crippen LogP contribution < -0.4 is 10.1 Å². The van der Waals surface area contributed by atoms with Crippen molar-refractivity contribution in [3.63, 3.8) is 0 Å². The Morgan fingerprint density at radius 3 is 2.67 bits per heavy atom. The van der Waals surface area contributed by atoms with Crippen LogP contribution in [0.3, 0.4) is 0 Å². The van der Waals surface area contributed by atoms with E-state index in [1.54, 1.807) is 0 Å². The van der Waals surface area contributed by atoms with Crippen LogP contribution in [0, 0.1) is 0 Å². The van der Waals surface area contributed by atoms with E-state index in [-0.39, 0.29) is 0 Å².